The molecule has 0 saturated carbocycles. The first kappa shape index (κ1) is 21.1. The largest absolute Gasteiger partial charge is 0.375 e. The van der Waals surface area contributed by atoms with Crippen LogP contribution in [-0.4, -0.2) is 51.2 Å². The predicted octanol–water partition coefficient (Wildman–Crippen LogP) is 4.39. The third-order valence-electron chi connectivity index (χ3n) is 6.82. The van der Waals surface area contributed by atoms with Crippen molar-refractivity contribution in [3.05, 3.63) is 53.8 Å². The van der Waals surface area contributed by atoms with Crippen molar-refractivity contribution in [3.8, 4) is 0 Å². The number of hydrogen-bond donors (Lipinski definition) is 0. The van der Waals surface area contributed by atoms with Crippen LogP contribution in [0.3, 0.4) is 0 Å². The Hall–Kier alpha value is -2.80. The van der Waals surface area contributed by atoms with Gasteiger partial charge in [0.25, 0.3) is 5.91 Å². The van der Waals surface area contributed by atoms with Gasteiger partial charge in [0.2, 0.25) is 5.89 Å². The summed E-state index contributed by atoms with van der Waals surface area (Å²) >= 11 is 0. The molecule has 168 valence electrons. The molecule has 0 bridgehead atoms. The number of amides is 1. The van der Waals surface area contributed by atoms with Gasteiger partial charge in [0.05, 0.1) is 11.1 Å². The van der Waals surface area contributed by atoms with E-state index in [2.05, 4.69) is 29.0 Å². The third kappa shape index (κ3) is 4.26. The lowest BCUT2D eigenvalue weighted by Crippen LogP contribution is -2.51. The highest BCUT2D eigenvalue weighted by molar-refractivity contribution is 5.95. The van der Waals surface area contributed by atoms with Crippen LogP contribution in [0.1, 0.15) is 67.7 Å². The Morgan fingerprint density at radius 2 is 1.97 bits per heavy atom. The van der Waals surface area contributed by atoms with E-state index in [0.717, 1.165) is 55.4 Å². The SMILES string of the molecule is CC(C)c1nc(CC2CCOC3(CCN(C(=O)c4ccc5ccccc5n4)CC3)C2)no1. The Kier molecular flexibility index (Phi) is 5.67. The van der Waals surface area contributed by atoms with Crippen LogP contribution in [0.15, 0.2) is 40.9 Å². The van der Waals surface area contributed by atoms with Crippen LogP contribution in [0.5, 0.6) is 0 Å². The number of piperidine rings is 1. The van der Waals surface area contributed by atoms with E-state index in [1.165, 1.54) is 0 Å². The quantitative estimate of drug-likeness (QED) is 0.606. The highest BCUT2D eigenvalue weighted by Gasteiger charge is 2.41. The third-order valence-corrected chi connectivity index (χ3v) is 6.82. The number of carbonyl (C=O) groups is 1. The number of hydrogen-bond acceptors (Lipinski definition) is 6. The molecule has 0 aliphatic carbocycles. The van der Waals surface area contributed by atoms with E-state index in [1.54, 1.807) is 0 Å². The molecule has 1 atom stereocenters. The summed E-state index contributed by atoms with van der Waals surface area (Å²) in [5.74, 6) is 2.23. The van der Waals surface area contributed by atoms with Gasteiger partial charge in [-0.25, -0.2) is 4.98 Å². The number of rotatable bonds is 4. The highest BCUT2D eigenvalue weighted by atomic mass is 16.5. The molecule has 0 N–H and O–H groups in total. The monoisotopic (exact) mass is 434 g/mol. The summed E-state index contributed by atoms with van der Waals surface area (Å²) in [5.41, 5.74) is 1.22. The molecule has 1 unspecified atom stereocenters. The van der Waals surface area contributed by atoms with Crippen molar-refractivity contribution < 1.29 is 14.1 Å². The first-order chi connectivity index (χ1) is 15.5. The number of fused-ring (bicyclic) bond motifs is 1. The fourth-order valence-electron chi connectivity index (χ4n) is 4.96. The second-order valence-corrected chi connectivity index (χ2v) is 9.48. The van der Waals surface area contributed by atoms with Crippen molar-refractivity contribution in [2.45, 2.75) is 57.5 Å². The first-order valence-electron chi connectivity index (χ1n) is 11.6. The van der Waals surface area contributed by atoms with Crippen LogP contribution in [0.2, 0.25) is 0 Å². The van der Waals surface area contributed by atoms with Gasteiger partial charge < -0.3 is 14.2 Å². The molecule has 7 nitrogen and oxygen atoms in total. The van der Waals surface area contributed by atoms with Crippen molar-refractivity contribution in [1.82, 2.24) is 20.0 Å². The molecule has 1 amide bonds. The van der Waals surface area contributed by atoms with Gasteiger partial charge in [-0.05, 0) is 43.7 Å². The number of benzene rings is 1. The highest BCUT2D eigenvalue weighted by Crippen LogP contribution is 2.39. The normalized spacial score (nSPS) is 20.8. The minimum atomic E-state index is -0.152. The molecular formula is C25H30N4O3. The van der Waals surface area contributed by atoms with Crippen LogP contribution in [-0.2, 0) is 11.2 Å². The van der Waals surface area contributed by atoms with Crippen LogP contribution >= 0.6 is 0 Å². The summed E-state index contributed by atoms with van der Waals surface area (Å²) in [7, 11) is 0. The van der Waals surface area contributed by atoms with E-state index in [4.69, 9.17) is 9.26 Å². The maximum absolute atomic E-state index is 13.1. The summed E-state index contributed by atoms with van der Waals surface area (Å²) < 4.78 is 11.7. The lowest BCUT2D eigenvalue weighted by Gasteiger charge is -2.46. The number of pyridine rings is 1. The minimum absolute atomic E-state index is 0.00553. The Morgan fingerprint density at radius 1 is 1.16 bits per heavy atom. The van der Waals surface area contributed by atoms with E-state index < -0.39 is 0 Å². The number of para-hydroxylation sites is 1. The van der Waals surface area contributed by atoms with E-state index in [1.807, 2.05) is 41.3 Å². The molecular weight excluding hydrogens is 404 g/mol. The number of aromatic nitrogens is 3. The molecule has 32 heavy (non-hydrogen) atoms. The smallest absolute Gasteiger partial charge is 0.272 e. The Labute approximate surface area is 188 Å². The van der Waals surface area contributed by atoms with Crippen molar-refractivity contribution in [3.63, 3.8) is 0 Å². The number of likely N-dealkylation sites (tertiary alicyclic amines) is 1. The molecule has 2 aliphatic rings. The average molecular weight is 435 g/mol. The molecule has 2 aromatic heterocycles. The molecule has 1 spiro atoms. The summed E-state index contributed by atoms with van der Waals surface area (Å²) in [5, 5.41) is 5.22. The summed E-state index contributed by atoms with van der Waals surface area (Å²) in [6.07, 6.45) is 4.52. The van der Waals surface area contributed by atoms with E-state index in [0.29, 0.717) is 30.6 Å². The lowest BCUT2D eigenvalue weighted by molar-refractivity contribution is -0.123. The zero-order chi connectivity index (χ0) is 22.1. The Bertz CT molecular complexity index is 1100. The van der Waals surface area contributed by atoms with Crippen LogP contribution in [0.4, 0.5) is 0 Å². The van der Waals surface area contributed by atoms with Crippen LogP contribution in [0, 0.1) is 5.92 Å². The van der Waals surface area contributed by atoms with Crippen LogP contribution in [0.25, 0.3) is 10.9 Å². The molecule has 4 heterocycles. The fourth-order valence-corrected chi connectivity index (χ4v) is 4.96. The fraction of sp³-hybridized carbons (Fsp3) is 0.520. The maximum atomic E-state index is 13.1. The van der Waals surface area contributed by atoms with Gasteiger partial charge in [-0.15, -0.1) is 0 Å². The molecule has 2 saturated heterocycles. The molecule has 2 aliphatic heterocycles. The van der Waals surface area contributed by atoms with Crippen LogP contribution < -0.4 is 0 Å². The van der Waals surface area contributed by atoms with Crippen molar-refractivity contribution >= 4 is 16.8 Å². The predicted molar refractivity (Wildman–Crippen MR) is 120 cm³/mol. The zero-order valence-electron chi connectivity index (χ0n) is 18.8. The van der Waals surface area contributed by atoms with E-state index >= 15 is 0 Å². The van der Waals surface area contributed by atoms with E-state index in [-0.39, 0.29) is 17.4 Å². The second-order valence-electron chi connectivity index (χ2n) is 9.48. The summed E-state index contributed by atoms with van der Waals surface area (Å²) in [4.78, 5) is 24.1. The molecule has 0 radical (unpaired) electrons. The topological polar surface area (TPSA) is 81.4 Å². The second kappa shape index (κ2) is 8.62. The molecule has 3 aromatic rings. The van der Waals surface area contributed by atoms with Gasteiger partial charge in [-0.1, -0.05) is 43.3 Å². The average Bonchev–Trinajstić information content (AvgIpc) is 3.28. The first-order valence-corrected chi connectivity index (χ1v) is 11.6. The molecule has 2 fully saturated rings. The van der Waals surface area contributed by atoms with Gasteiger partial charge in [0.1, 0.15) is 5.69 Å². The van der Waals surface area contributed by atoms with Crippen molar-refractivity contribution in [2.75, 3.05) is 19.7 Å². The van der Waals surface area contributed by atoms with Crippen molar-refractivity contribution in [1.29, 1.82) is 0 Å². The molecule has 1 aromatic carbocycles. The Balaban J connectivity index is 1.21. The van der Waals surface area contributed by atoms with Gasteiger partial charge in [-0.2, -0.15) is 4.98 Å². The lowest BCUT2D eigenvalue weighted by atomic mass is 9.78. The molecule has 7 heteroatoms. The Morgan fingerprint density at radius 3 is 2.75 bits per heavy atom. The maximum Gasteiger partial charge on any atom is 0.272 e. The number of carbonyl (C=O) groups excluding carboxylic acids is 1. The number of nitrogens with zero attached hydrogens (tertiary/aromatic N) is 4. The summed E-state index contributed by atoms with van der Waals surface area (Å²) in [6, 6.07) is 11.7. The van der Waals surface area contributed by atoms with Gasteiger partial charge in [-0.3, -0.25) is 4.79 Å². The molecule has 5 rings (SSSR count). The summed E-state index contributed by atoms with van der Waals surface area (Å²) in [6.45, 7) is 6.26. The standard InChI is InChI=1S/C25H30N4O3/c1-17(2)23-27-22(28-32-23)15-18-9-14-31-25(16-18)10-12-29(13-11-25)24(30)21-8-7-19-5-3-4-6-20(19)26-21/h3-8,17-18H,9-16H2,1-2H3. The zero-order valence-corrected chi connectivity index (χ0v) is 18.8. The van der Waals surface area contributed by atoms with Gasteiger partial charge >= 0.3 is 0 Å². The van der Waals surface area contributed by atoms with Gasteiger partial charge in [0, 0.05) is 37.4 Å². The van der Waals surface area contributed by atoms with Gasteiger partial charge in [0.15, 0.2) is 5.82 Å². The number of ether oxygens (including phenoxy) is 1. The van der Waals surface area contributed by atoms with Crippen molar-refractivity contribution in [2.24, 2.45) is 5.92 Å². The van der Waals surface area contributed by atoms with E-state index in [9.17, 15) is 4.79 Å². The minimum Gasteiger partial charge on any atom is -0.375 e.